The van der Waals surface area contributed by atoms with Gasteiger partial charge in [-0.15, -0.1) is 0 Å². The number of anilines is 1. The van der Waals surface area contributed by atoms with Gasteiger partial charge >= 0.3 is 5.97 Å². The summed E-state index contributed by atoms with van der Waals surface area (Å²) in [5.74, 6) is 0.195. The number of hydrogen-bond donors (Lipinski definition) is 2. The normalized spacial score (nSPS) is 11.0. The van der Waals surface area contributed by atoms with E-state index in [0.29, 0.717) is 11.3 Å². The fourth-order valence-corrected chi connectivity index (χ4v) is 2.70. The van der Waals surface area contributed by atoms with Crippen molar-refractivity contribution in [3.05, 3.63) is 18.0 Å². The summed E-state index contributed by atoms with van der Waals surface area (Å²) in [5, 5.41) is 17.4. The molecule has 0 amide bonds. The van der Waals surface area contributed by atoms with E-state index in [-0.39, 0.29) is 5.56 Å². The molecular formula is C14H20N4O2S. The first-order chi connectivity index (χ1) is 10.1. The van der Waals surface area contributed by atoms with Crippen molar-refractivity contribution in [2.45, 2.75) is 19.3 Å². The van der Waals surface area contributed by atoms with Crippen molar-refractivity contribution in [1.29, 1.82) is 0 Å². The van der Waals surface area contributed by atoms with Crippen molar-refractivity contribution < 1.29 is 9.90 Å². The number of rotatable bonds is 8. The summed E-state index contributed by atoms with van der Waals surface area (Å²) in [7, 11) is 1.79. The fourth-order valence-electron chi connectivity index (χ4n) is 2.21. The van der Waals surface area contributed by atoms with Crippen molar-refractivity contribution in [2.24, 2.45) is 7.05 Å². The Kier molecular flexibility index (Phi) is 5.44. The van der Waals surface area contributed by atoms with Gasteiger partial charge in [0.15, 0.2) is 5.65 Å². The van der Waals surface area contributed by atoms with E-state index in [2.05, 4.69) is 21.7 Å². The van der Waals surface area contributed by atoms with Crippen LogP contribution >= 0.6 is 11.8 Å². The number of aromatic nitrogens is 3. The number of aromatic carboxylic acids is 1. The Balaban J connectivity index is 2.12. The van der Waals surface area contributed by atoms with Gasteiger partial charge in [-0.3, -0.25) is 4.68 Å². The number of pyridine rings is 1. The lowest BCUT2D eigenvalue weighted by molar-refractivity contribution is 0.0697. The highest BCUT2D eigenvalue weighted by Gasteiger charge is 2.16. The molecular weight excluding hydrogens is 288 g/mol. The molecule has 0 spiro atoms. The first-order valence-corrected chi connectivity index (χ1v) is 8.31. The lowest BCUT2D eigenvalue weighted by Gasteiger charge is -2.10. The Morgan fingerprint density at radius 1 is 1.38 bits per heavy atom. The minimum absolute atomic E-state index is 0.194. The summed E-state index contributed by atoms with van der Waals surface area (Å²) in [6.45, 7) is 0.753. The van der Waals surface area contributed by atoms with Gasteiger partial charge in [-0.05, 0) is 24.9 Å². The zero-order valence-corrected chi connectivity index (χ0v) is 13.1. The third kappa shape index (κ3) is 3.66. The maximum atomic E-state index is 11.3. The number of nitrogens with zero attached hydrogens (tertiary/aromatic N) is 3. The molecule has 0 aliphatic carbocycles. The third-order valence-corrected chi connectivity index (χ3v) is 4.02. The van der Waals surface area contributed by atoms with E-state index >= 15 is 0 Å². The van der Waals surface area contributed by atoms with Crippen LogP contribution in [0.3, 0.4) is 0 Å². The molecule has 21 heavy (non-hydrogen) atoms. The first kappa shape index (κ1) is 15.6. The molecule has 7 heteroatoms. The molecule has 0 aliphatic heterocycles. The predicted molar refractivity (Wildman–Crippen MR) is 86.2 cm³/mol. The van der Waals surface area contributed by atoms with Gasteiger partial charge in [-0.2, -0.15) is 16.9 Å². The van der Waals surface area contributed by atoms with Crippen molar-refractivity contribution in [3.63, 3.8) is 0 Å². The molecule has 0 unspecified atom stereocenters. The van der Waals surface area contributed by atoms with Crippen LogP contribution in [0, 0.1) is 0 Å². The van der Waals surface area contributed by atoms with Crippen LogP contribution in [0.5, 0.6) is 0 Å². The highest BCUT2D eigenvalue weighted by molar-refractivity contribution is 7.98. The van der Waals surface area contributed by atoms with Crippen molar-refractivity contribution in [2.75, 3.05) is 23.9 Å². The Labute approximate surface area is 127 Å². The van der Waals surface area contributed by atoms with Crippen LogP contribution in [0.4, 0.5) is 5.69 Å². The highest BCUT2D eigenvalue weighted by Crippen LogP contribution is 2.25. The molecule has 6 nitrogen and oxygen atoms in total. The summed E-state index contributed by atoms with van der Waals surface area (Å²) >= 11 is 1.85. The molecule has 0 bridgehead atoms. The van der Waals surface area contributed by atoms with Gasteiger partial charge in [-0.1, -0.05) is 6.42 Å². The molecule has 0 radical (unpaired) electrons. The van der Waals surface area contributed by atoms with Gasteiger partial charge in [0.25, 0.3) is 0 Å². The first-order valence-electron chi connectivity index (χ1n) is 6.92. The number of nitrogens with one attached hydrogen (secondary N) is 1. The van der Waals surface area contributed by atoms with E-state index < -0.39 is 5.97 Å². The van der Waals surface area contributed by atoms with Crippen LogP contribution in [-0.2, 0) is 7.05 Å². The Bertz CT molecular complexity index is 627. The molecule has 0 saturated heterocycles. The molecule has 0 aromatic carbocycles. The molecule has 0 saturated carbocycles. The van der Waals surface area contributed by atoms with E-state index in [1.807, 2.05) is 11.8 Å². The second-order valence-electron chi connectivity index (χ2n) is 4.84. The lowest BCUT2D eigenvalue weighted by atomic mass is 10.1. The minimum Gasteiger partial charge on any atom is -0.478 e. The maximum absolute atomic E-state index is 11.3. The molecule has 2 aromatic heterocycles. The van der Waals surface area contributed by atoms with Gasteiger partial charge in [0.05, 0.1) is 17.3 Å². The zero-order valence-electron chi connectivity index (χ0n) is 12.3. The number of fused-ring (bicyclic) bond motifs is 1. The highest BCUT2D eigenvalue weighted by atomic mass is 32.2. The van der Waals surface area contributed by atoms with Crippen LogP contribution in [0.1, 0.15) is 29.6 Å². The van der Waals surface area contributed by atoms with Crippen LogP contribution in [0.15, 0.2) is 12.4 Å². The molecule has 0 aliphatic rings. The van der Waals surface area contributed by atoms with E-state index in [9.17, 15) is 9.90 Å². The Hall–Kier alpha value is -1.76. The monoisotopic (exact) mass is 308 g/mol. The van der Waals surface area contributed by atoms with Crippen molar-refractivity contribution in [1.82, 2.24) is 14.8 Å². The molecule has 114 valence electrons. The number of carboxylic acids is 1. The maximum Gasteiger partial charge on any atom is 0.339 e. The second kappa shape index (κ2) is 7.31. The van der Waals surface area contributed by atoms with Crippen LogP contribution < -0.4 is 5.32 Å². The molecule has 2 rings (SSSR count). The molecule has 2 heterocycles. The molecule has 2 N–H and O–H groups in total. The zero-order chi connectivity index (χ0) is 15.2. The standard InChI is InChI=1S/C14H20N4O2S/c1-18-13-10(9-17-18)12(11(8-16-13)14(19)20)15-6-4-3-5-7-21-2/h8-9H,3-7H2,1-2H3,(H,15,16)(H,19,20). The number of aryl methyl sites for hydroxylation is 1. The minimum atomic E-state index is -0.974. The predicted octanol–water partition coefficient (Wildman–Crippen LogP) is 2.61. The topological polar surface area (TPSA) is 80.0 Å². The van der Waals surface area contributed by atoms with E-state index in [0.717, 1.165) is 24.8 Å². The molecule has 2 aromatic rings. The summed E-state index contributed by atoms with van der Waals surface area (Å²) in [6, 6.07) is 0. The number of unbranched alkanes of at least 4 members (excludes halogenated alkanes) is 2. The van der Waals surface area contributed by atoms with E-state index in [4.69, 9.17) is 0 Å². The summed E-state index contributed by atoms with van der Waals surface area (Å²) in [6.07, 6.45) is 8.50. The Morgan fingerprint density at radius 3 is 2.90 bits per heavy atom. The number of carbonyl (C=O) groups is 1. The van der Waals surface area contributed by atoms with E-state index in [1.54, 1.807) is 17.9 Å². The quantitative estimate of drug-likeness (QED) is 0.730. The van der Waals surface area contributed by atoms with Crippen molar-refractivity contribution >= 4 is 34.5 Å². The SMILES string of the molecule is CSCCCCCNc1c(C(=O)O)cnc2c1cnn2C. The molecule has 0 atom stereocenters. The van der Waals surface area contributed by atoms with Gasteiger partial charge in [-0.25, -0.2) is 9.78 Å². The number of carboxylic acid groups (broad SMARTS) is 1. The van der Waals surface area contributed by atoms with Gasteiger partial charge < -0.3 is 10.4 Å². The van der Waals surface area contributed by atoms with Crippen LogP contribution in [0.25, 0.3) is 11.0 Å². The summed E-state index contributed by atoms with van der Waals surface area (Å²) in [5.41, 5.74) is 1.50. The van der Waals surface area contributed by atoms with E-state index in [1.165, 1.54) is 18.4 Å². The fraction of sp³-hybridized carbons (Fsp3) is 0.500. The van der Waals surface area contributed by atoms with Gasteiger partial charge in [0.1, 0.15) is 5.56 Å². The largest absolute Gasteiger partial charge is 0.478 e. The number of thioether (sulfide) groups is 1. The second-order valence-corrected chi connectivity index (χ2v) is 5.82. The summed E-state index contributed by atoms with van der Waals surface area (Å²) < 4.78 is 1.64. The smallest absolute Gasteiger partial charge is 0.339 e. The van der Waals surface area contributed by atoms with Gasteiger partial charge in [0, 0.05) is 19.8 Å². The summed E-state index contributed by atoms with van der Waals surface area (Å²) in [4.78, 5) is 15.5. The average Bonchev–Trinajstić information content (AvgIpc) is 2.84. The van der Waals surface area contributed by atoms with Crippen molar-refractivity contribution in [3.8, 4) is 0 Å². The number of hydrogen-bond acceptors (Lipinski definition) is 5. The lowest BCUT2D eigenvalue weighted by Crippen LogP contribution is -2.09. The Morgan fingerprint density at radius 2 is 2.19 bits per heavy atom. The van der Waals surface area contributed by atoms with Gasteiger partial charge in [0.2, 0.25) is 0 Å². The van der Waals surface area contributed by atoms with Crippen LogP contribution in [0.2, 0.25) is 0 Å². The molecule has 0 fully saturated rings. The third-order valence-electron chi connectivity index (χ3n) is 3.32. The van der Waals surface area contributed by atoms with Crippen LogP contribution in [-0.4, -0.2) is 44.4 Å². The average molecular weight is 308 g/mol.